The lowest BCUT2D eigenvalue weighted by Gasteiger charge is -2.10. The first kappa shape index (κ1) is 20.2. The second-order valence-corrected chi connectivity index (χ2v) is 5.71. The van der Waals surface area contributed by atoms with E-state index in [1.165, 1.54) is 18.2 Å². The Morgan fingerprint density at radius 3 is 2.15 bits per heavy atom. The van der Waals surface area contributed by atoms with Crippen LogP contribution in [0.5, 0.6) is 0 Å². The second-order valence-electron chi connectivity index (χ2n) is 5.27. The summed E-state index contributed by atoms with van der Waals surface area (Å²) < 4.78 is 37.9. The van der Waals surface area contributed by atoms with Crippen LogP contribution in [0.2, 0.25) is 5.02 Å². The minimum Gasteiger partial charge on any atom is -0.339 e. The average Bonchev–Trinajstić information content (AvgIpc) is 2.59. The van der Waals surface area contributed by atoms with Crippen molar-refractivity contribution in [1.82, 2.24) is 5.32 Å². The molecule has 2 aromatic rings. The number of alkyl halides is 3. The molecule has 0 aromatic heterocycles. The quantitative estimate of drug-likeness (QED) is 0.690. The van der Waals surface area contributed by atoms with Crippen molar-refractivity contribution in [3.8, 4) is 0 Å². The zero-order chi connectivity index (χ0) is 20.0. The first-order valence-corrected chi connectivity index (χ1v) is 7.85. The van der Waals surface area contributed by atoms with Gasteiger partial charge in [-0.05, 0) is 36.4 Å². The van der Waals surface area contributed by atoms with Gasteiger partial charge in [0.25, 0.3) is 0 Å². The summed E-state index contributed by atoms with van der Waals surface area (Å²) >= 11 is 5.75. The summed E-state index contributed by atoms with van der Waals surface area (Å²) in [5, 5.41) is 6.91. The molecule has 0 spiro atoms. The molecule has 142 valence electrons. The Bertz CT molecular complexity index is 872. The summed E-state index contributed by atoms with van der Waals surface area (Å²) in [5.41, 5.74) is -0.728. The van der Waals surface area contributed by atoms with Gasteiger partial charge in [0.1, 0.15) is 0 Å². The number of halogens is 4. The molecule has 0 heterocycles. The van der Waals surface area contributed by atoms with Crippen molar-refractivity contribution in [3.05, 3.63) is 59.1 Å². The molecule has 0 saturated heterocycles. The van der Waals surface area contributed by atoms with E-state index in [1.807, 2.05) is 0 Å². The van der Waals surface area contributed by atoms with E-state index in [0.717, 1.165) is 18.2 Å². The van der Waals surface area contributed by atoms with Crippen LogP contribution in [0.25, 0.3) is 0 Å². The third kappa shape index (κ3) is 6.30. The number of carbonyl (C=O) groups is 3. The topological polar surface area (TPSA) is 87.3 Å². The van der Waals surface area contributed by atoms with E-state index >= 15 is 0 Å². The maximum absolute atomic E-state index is 12.6. The minimum absolute atomic E-state index is 0.0903. The zero-order valence-corrected chi connectivity index (χ0v) is 14.3. The lowest BCUT2D eigenvalue weighted by Crippen LogP contribution is -2.39. The molecule has 2 rings (SSSR count). The van der Waals surface area contributed by atoms with Crippen LogP contribution in [0.15, 0.2) is 48.5 Å². The summed E-state index contributed by atoms with van der Waals surface area (Å²) in [6.07, 6.45) is -4.55. The normalized spacial score (nSPS) is 10.8. The Morgan fingerprint density at radius 2 is 1.52 bits per heavy atom. The van der Waals surface area contributed by atoms with Gasteiger partial charge >= 0.3 is 18.0 Å². The Hall–Kier alpha value is -3.07. The fraction of sp³-hybridized carbons (Fsp3) is 0.118. The number of amides is 3. The summed E-state index contributed by atoms with van der Waals surface area (Å²) in [4.78, 5) is 35.2. The van der Waals surface area contributed by atoms with E-state index in [0.29, 0.717) is 5.02 Å². The lowest BCUT2D eigenvalue weighted by molar-refractivity contribution is -0.137. The first-order chi connectivity index (χ1) is 12.6. The maximum Gasteiger partial charge on any atom is 0.416 e. The molecule has 3 amide bonds. The molecule has 0 unspecified atom stereocenters. The highest BCUT2D eigenvalue weighted by Crippen LogP contribution is 2.30. The fourth-order valence-electron chi connectivity index (χ4n) is 1.97. The highest BCUT2D eigenvalue weighted by molar-refractivity contribution is 6.40. The van der Waals surface area contributed by atoms with Crippen molar-refractivity contribution in [2.45, 2.75) is 6.18 Å². The molecule has 0 radical (unpaired) electrons. The zero-order valence-electron chi connectivity index (χ0n) is 13.6. The summed E-state index contributed by atoms with van der Waals surface area (Å²) in [6, 6.07) is 10.1. The third-order valence-corrected chi connectivity index (χ3v) is 3.41. The summed E-state index contributed by atoms with van der Waals surface area (Å²) in [6.45, 7) is -0.599. The predicted octanol–water partition coefficient (Wildman–Crippen LogP) is 3.05. The van der Waals surface area contributed by atoms with Crippen molar-refractivity contribution in [2.75, 3.05) is 17.2 Å². The number of carbonyl (C=O) groups excluding carboxylic acids is 3. The van der Waals surface area contributed by atoms with Crippen LogP contribution in [0.1, 0.15) is 5.56 Å². The van der Waals surface area contributed by atoms with Crippen molar-refractivity contribution < 1.29 is 27.6 Å². The number of benzene rings is 2. The number of hydrogen-bond donors (Lipinski definition) is 3. The maximum atomic E-state index is 12.6. The molecule has 0 aliphatic rings. The largest absolute Gasteiger partial charge is 0.416 e. The summed E-state index contributed by atoms with van der Waals surface area (Å²) in [5.74, 6) is -2.91. The van der Waals surface area contributed by atoms with Crippen molar-refractivity contribution in [2.24, 2.45) is 0 Å². The smallest absolute Gasteiger partial charge is 0.339 e. The molecule has 0 bridgehead atoms. The number of hydrogen-bond acceptors (Lipinski definition) is 3. The monoisotopic (exact) mass is 399 g/mol. The van der Waals surface area contributed by atoms with Gasteiger partial charge in [0.2, 0.25) is 5.91 Å². The first-order valence-electron chi connectivity index (χ1n) is 7.47. The van der Waals surface area contributed by atoms with Gasteiger partial charge in [-0.2, -0.15) is 13.2 Å². The number of anilines is 2. The SMILES string of the molecule is O=C(CNC(=O)C(=O)Nc1cccc(Cl)c1)Nc1cccc(C(F)(F)F)c1. The van der Waals surface area contributed by atoms with Crippen molar-refractivity contribution in [3.63, 3.8) is 0 Å². The summed E-state index contributed by atoms with van der Waals surface area (Å²) in [7, 11) is 0. The van der Waals surface area contributed by atoms with Crippen LogP contribution in [-0.2, 0) is 20.6 Å². The van der Waals surface area contributed by atoms with E-state index < -0.39 is 36.0 Å². The molecule has 0 saturated carbocycles. The fourth-order valence-corrected chi connectivity index (χ4v) is 2.16. The van der Waals surface area contributed by atoms with Crippen LogP contribution in [0.4, 0.5) is 24.5 Å². The van der Waals surface area contributed by atoms with E-state index in [4.69, 9.17) is 11.6 Å². The molecule has 27 heavy (non-hydrogen) atoms. The van der Waals surface area contributed by atoms with Gasteiger partial charge < -0.3 is 16.0 Å². The van der Waals surface area contributed by atoms with Gasteiger partial charge in [0.15, 0.2) is 0 Å². The molecular weight excluding hydrogens is 387 g/mol. The molecule has 0 aliphatic heterocycles. The molecule has 0 atom stereocenters. The molecule has 3 N–H and O–H groups in total. The number of rotatable bonds is 4. The minimum atomic E-state index is -4.55. The van der Waals surface area contributed by atoms with Gasteiger partial charge in [-0.15, -0.1) is 0 Å². The molecule has 0 fully saturated rings. The third-order valence-electron chi connectivity index (χ3n) is 3.17. The molecular formula is C17H13ClF3N3O3. The molecule has 2 aromatic carbocycles. The highest BCUT2D eigenvalue weighted by atomic mass is 35.5. The van der Waals surface area contributed by atoms with Crippen LogP contribution < -0.4 is 16.0 Å². The van der Waals surface area contributed by atoms with E-state index in [1.54, 1.807) is 12.1 Å². The predicted molar refractivity (Wildman–Crippen MR) is 93.2 cm³/mol. The van der Waals surface area contributed by atoms with Crippen LogP contribution in [-0.4, -0.2) is 24.3 Å². The Labute approximate surface area is 156 Å². The van der Waals surface area contributed by atoms with Crippen molar-refractivity contribution >= 4 is 40.7 Å². The van der Waals surface area contributed by atoms with Gasteiger partial charge in [-0.3, -0.25) is 14.4 Å². The van der Waals surface area contributed by atoms with Gasteiger partial charge in [-0.25, -0.2) is 0 Å². The van der Waals surface area contributed by atoms with Gasteiger partial charge in [-0.1, -0.05) is 23.7 Å². The van der Waals surface area contributed by atoms with Crippen LogP contribution >= 0.6 is 11.6 Å². The van der Waals surface area contributed by atoms with Crippen LogP contribution in [0, 0.1) is 0 Å². The van der Waals surface area contributed by atoms with Crippen molar-refractivity contribution in [1.29, 1.82) is 0 Å². The van der Waals surface area contributed by atoms with Gasteiger partial charge in [0.05, 0.1) is 12.1 Å². The standard InChI is InChI=1S/C17H13ClF3N3O3/c18-11-4-2-6-13(8-11)24-16(27)15(26)22-9-14(25)23-12-5-1-3-10(7-12)17(19,20)21/h1-8H,9H2,(H,22,26)(H,23,25)(H,24,27). The molecule has 0 aliphatic carbocycles. The average molecular weight is 400 g/mol. The lowest BCUT2D eigenvalue weighted by atomic mass is 10.2. The van der Waals surface area contributed by atoms with Crippen LogP contribution in [0.3, 0.4) is 0 Å². The Kier molecular flexibility index (Phi) is 6.40. The van der Waals surface area contributed by atoms with E-state index in [9.17, 15) is 27.6 Å². The highest BCUT2D eigenvalue weighted by Gasteiger charge is 2.30. The number of nitrogens with one attached hydrogen (secondary N) is 3. The van der Waals surface area contributed by atoms with E-state index in [2.05, 4.69) is 16.0 Å². The Balaban J connectivity index is 1.86. The Morgan fingerprint density at radius 1 is 0.889 bits per heavy atom. The second kappa shape index (κ2) is 8.54. The molecule has 10 heteroatoms. The van der Waals surface area contributed by atoms with E-state index in [-0.39, 0.29) is 11.4 Å². The van der Waals surface area contributed by atoms with Gasteiger partial charge in [0, 0.05) is 16.4 Å². The molecule has 6 nitrogen and oxygen atoms in total.